The van der Waals surface area contributed by atoms with Crippen LogP contribution in [0.25, 0.3) is 5.65 Å². The summed E-state index contributed by atoms with van der Waals surface area (Å²) in [4.78, 5) is 19.5. The minimum Gasteiger partial charge on any atom is -0.337 e. The van der Waals surface area contributed by atoms with Gasteiger partial charge in [0.25, 0.3) is 5.91 Å². The smallest absolute Gasteiger partial charge is 0.276 e. The van der Waals surface area contributed by atoms with Gasteiger partial charge in [-0.25, -0.2) is 4.98 Å². The van der Waals surface area contributed by atoms with Crippen molar-refractivity contribution in [2.75, 3.05) is 13.1 Å². The van der Waals surface area contributed by atoms with Gasteiger partial charge in [0.15, 0.2) is 5.69 Å². The van der Waals surface area contributed by atoms with E-state index in [-0.39, 0.29) is 11.3 Å². The number of benzene rings is 1. The van der Waals surface area contributed by atoms with Gasteiger partial charge in [0.2, 0.25) is 0 Å². The number of piperidine rings is 1. The number of carbonyl (C=O) groups excluding carboxylic acids is 1. The number of fused-ring (bicyclic) bond motifs is 1. The molecule has 7 heteroatoms. The van der Waals surface area contributed by atoms with Crippen molar-refractivity contribution >= 4 is 11.6 Å². The highest BCUT2D eigenvalue weighted by Gasteiger charge is 2.41. The van der Waals surface area contributed by atoms with Gasteiger partial charge in [0, 0.05) is 30.9 Å². The Morgan fingerprint density at radius 3 is 2.54 bits per heavy atom. The summed E-state index contributed by atoms with van der Waals surface area (Å²) in [5.41, 5.74) is 3.38. The number of carbonyl (C=O) groups is 1. The lowest BCUT2D eigenvalue weighted by molar-refractivity contribution is 0.0678. The van der Waals surface area contributed by atoms with E-state index in [0.29, 0.717) is 18.8 Å². The van der Waals surface area contributed by atoms with Crippen LogP contribution in [0.5, 0.6) is 0 Å². The average molecular weight is 372 g/mol. The van der Waals surface area contributed by atoms with Crippen molar-refractivity contribution in [3.63, 3.8) is 0 Å². The van der Waals surface area contributed by atoms with E-state index < -0.39 is 0 Å². The van der Waals surface area contributed by atoms with Crippen molar-refractivity contribution in [1.82, 2.24) is 29.7 Å². The maximum Gasteiger partial charge on any atom is 0.276 e. The molecule has 0 radical (unpaired) electrons. The molecule has 1 amide bonds. The lowest BCUT2D eigenvalue weighted by Gasteiger charge is -2.41. The lowest BCUT2D eigenvalue weighted by atomic mass is 9.70. The van der Waals surface area contributed by atoms with Gasteiger partial charge in [-0.2, -0.15) is 15.4 Å². The first-order valence-electron chi connectivity index (χ1n) is 9.41. The molecule has 0 spiro atoms. The number of imidazole rings is 1. The maximum absolute atomic E-state index is 12.7. The zero-order chi connectivity index (χ0) is 19.0. The van der Waals surface area contributed by atoms with Crippen LogP contribution >= 0.6 is 0 Å². The van der Waals surface area contributed by atoms with Crippen LogP contribution in [0.2, 0.25) is 0 Å². The highest BCUT2D eigenvalue weighted by atomic mass is 16.2. The summed E-state index contributed by atoms with van der Waals surface area (Å²) in [6.45, 7) is 1.29. The van der Waals surface area contributed by atoms with Gasteiger partial charge in [-0.3, -0.25) is 4.79 Å². The summed E-state index contributed by atoms with van der Waals surface area (Å²) in [5, 5.41) is 10.2. The normalized spacial score (nSPS) is 16.4. The van der Waals surface area contributed by atoms with Crippen molar-refractivity contribution < 1.29 is 4.79 Å². The summed E-state index contributed by atoms with van der Waals surface area (Å²) in [7, 11) is 0. The molecule has 0 aliphatic carbocycles. The molecule has 0 saturated carbocycles. The molecule has 28 heavy (non-hydrogen) atoms. The maximum atomic E-state index is 12.7. The molecule has 1 saturated heterocycles. The summed E-state index contributed by atoms with van der Waals surface area (Å²) in [5.74, 6) is -0.0783. The van der Waals surface area contributed by atoms with Crippen LogP contribution in [0.3, 0.4) is 0 Å². The number of hydrogen-bond acceptors (Lipinski definition) is 4. The third kappa shape index (κ3) is 2.67. The molecule has 7 nitrogen and oxygen atoms in total. The first-order chi connectivity index (χ1) is 13.8. The quantitative estimate of drug-likeness (QED) is 0.600. The number of nitrogens with one attached hydrogen (secondary N) is 1. The Balaban J connectivity index is 1.51. The fourth-order valence-electron chi connectivity index (χ4n) is 4.17. The van der Waals surface area contributed by atoms with E-state index in [1.54, 1.807) is 0 Å². The van der Waals surface area contributed by atoms with E-state index in [2.05, 4.69) is 50.3 Å². The molecule has 4 heterocycles. The number of aromatic amines is 1. The summed E-state index contributed by atoms with van der Waals surface area (Å²) in [6, 6.07) is 16.5. The zero-order valence-electron chi connectivity index (χ0n) is 15.3. The van der Waals surface area contributed by atoms with Crippen molar-refractivity contribution in [2.45, 2.75) is 18.3 Å². The first-order valence-corrected chi connectivity index (χ1v) is 9.41. The Morgan fingerprint density at radius 1 is 1.04 bits per heavy atom. The molecule has 1 aliphatic heterocycles. The molecular weight excluding hydrogens is 352 g/mol. The topological polar surface area (TPSA) is 79.2 Å². The van der Waals surface area contributed by atoms with E-state index in [9.17, 15) is 4.79 Å². The zero-order valence-corrected chi connectivity index (χ0v) is 15.3. The lowest BCUT2D eigenvalue weighted by Crippen LogP contribution is -2.46. The highest BCUT2D eigenvalue weighted by Crippen LogP contribution is 2.41. The van der Waals surface area contributed by atoms with Gasteiger partial charge in [0.1, 0.15) is 5.65 Å². The number of hydrogen-bond donors (Lipinski definition) is 1. The van der Waals surface area contributed by atoms with Crippen molar-refractivity contribution in [1.29, 1.82) is 0 Å². The van der Waals surface area contributed by atoms with E-state index in [1.165, 1.54) is 11.8 Å². The molecule has 1 N–H and O–H groups in total. The van der Waals surface area contributed by atoms with E-state index in [4.69, 9.17) is 4.98 Å². The second-order valence-electron chi connectivity index (χ2n) is 7.19. The number of likely N-dealkylation sites (tertiary alicyclic amines) is 1. The van der Waals surface area contributed by atoms with E-state index in [1.807, 2.05) is 35.4 Å². The van der Waals surface area contributed by atoms with Crippen LogP contribution in [0.1, 0.15) is 34.6 Å². The molecule has 1 aliphatic rings. The molecule has 1 aromatic carbocycles. The Kier molecular flexibility index (Phi) is 3.93. The Morgan fingerprint density at radius 2 is 1.82 bits per heavy atom. The molecule has 3 aromatic heterocycles. The Labute approximate surface area is 162 Å². The number of rotatable bonds is 3. The average Bonchev–Trinajstić information content (AvgIpc) is 3.44. The number of nitrogens with zero attached hydrogens (tertiary/aromatic N) is 5. The third-order valence-corrected chi connectivity index (χ3v) is 5.72. The number of aromatic nitrogens is 5. The fraction of sp³-hybridized carbons (Fsp3) is 0.238. The van der Waals surface area contributed by atoms with E-state index in [0.717, 1.165) is 24.2 Å². The molecule has 1 fully saturated rings. The SMILES string of the molecule is O=C(c1cn[nH]n1)N1CCC(c2ccccc2)(c2cn3ccccc3n2)CC1. The van der Waals surface area contributed by atoms with Crippen LogP contribution in [0, 0.1) is 0 Å². The predicted molar refractivity (Wildman–Crippen MR) is 104 cm³/mol. The van der Waals surface area contributed by atoms with Crippen LogP contribution in [-0.2, 0) is 5.41 Å². The number of H-pyrrole nitrogens is 1. The number of amides is 1. The van der Waals surface area contributed by atoms with Crippen LogP contribution in [0.15, 0.2) is 67.1 Å². The van der Waals surface area contributed by atoms with Gasteiger partial charge in [-0.05, 0) is 30.5 Å². The molecule has 0 atom stereocenters. The van der Waals surface area contributed by atoms with Crippen LogP contribution in [-0.4, -0.2) is 48.7 Å². The van der Waals surface area contributed by atoms with Crippen LogP contribution in [0.4, 0.5) is 0 Å². The second-order valence-corrected chi connectivity index (χ2v) is 7.19. The van der Waals surface area contributed by atoms with Crippen LogP contribution < -0.4 is 0 Å². The molecule has 140 valence electrons. The molecule has 0 bridgehead atoms. The van der Waals surface area contributed by atoms with E-state index >= 15 is 0 Å². The van der Waals surface area contributed by atoms with Crippen molar-refractivity contribution in [2.24, 2.45) is 0 Å². The monoisotopic (exact) mass is 372 g/mol. The van der Waals surface area contributed by atoms with Gasteiger partial charge in [-0.1, -0.05) is 36.4 Å². The molecule has 5 rings (SSSR count). The van der Waals surface area contributed by atoms with Gasteiger partial charge in [-0.15, -0.1) is 0 Å². The second kappa shape index (κ2) is 6.60. The third-order valence-electron chi connectivity index (χ3n) is 5.72. The van der Waals surface area contributed by atoms with Gasteiger partial charge >= 0.3 is 0 Å². The summed E-state index contributed by atoms with van der Waals surface area (Å²) in [6.07, 6.45) is 7.24. The summed E-state index contributed by atoms with van der Waals surface area (Å²) < 4.78 is 2.06. The van der Waals surface area contributed by atoms with Crippen molar-refractivity contribution in [3.05, 3.63) is 84.1 Å². The molecular formula is C21H20N6O. The Hall–Kier alpha value is -3.48. The standard InChI is InChI=1S/C21H20N6O/c28-20(17-14-22-25-24-17)26-12-9-21(10-13-26,16-6-2-1-3-7-16)18-15-27-11-5-4-8-19(27)23-18/h1-8,11,14-15H,9-10,12-13H2,(H,22,24,25). The minimum absolute atomic E-state index is 0.0783. The largest absolute Gasteiger partial charge is 0.337 e. The van der Waals surface area contributed by atoms with Gasteiger partial charge in [0.05, 0.1) is 11.9 Å². The van der Waals surface area contributed by atoms with Crippen molar-refractivity contribution in [3.8, 4) is 0 Å². The number of pyridine rings is 1. The summed E-state index contributed by atoms with van der Waals surface area (Å²) >= 11 is 0. The Bertz CT molecular complexity index is 1060. The predicted octanol–water partition coefficient (Wildman–Crippen LogP) is 2.67. The van der Waals surface area contributed by atoms with Gasteiger partial charge < -0.3 is 9.30 Å². The highest BCUT2D eigenvalue weighted by molar-refractivity contribution is 5.92. The first kappa shape index (κ1) is 16.7. The fourth-order valence-corrected chi connectivity index (χ4v) is 4.17. The minimum atomic E-state index is -0.214. The molecule has 0 unspecified atom stereocenters. The molecule has 4 aromatic rings.